The van der Waals surface area contributed by atoms with Gasteiger partial charge >= 0.3 is 11.9 Å². The zero-order chi connectivity index (χ0) is 17.6. The van der Waals surface area contributed by atoms with Crippen LogP contribution in [-0.2, 0) is 10.9 Å². The highest BCUT2D eigenvalue weighted by molar-refractivity contribution is 5.20. The first kappa shape index (κ1) is 17.2. The van der Waals surface area contributed by atoms with Crippen molar-refractivity contribution in [1.29, 1.82) is 0 Å². The molecular formula is C12H11F3N2O6. The van der Waals surface area contributed by atoms with Gasteiger partial charge in [0.25, 0.3) is 5.56 Å². The second-order valence-electron chi connectivity index (χ2n) is 4.82. The van der Waals surface area contributed by atoms with Crippen molar-refractivity contribution in [2.45, 2.75) is 30.2 Å². The van der Waals surface area contributed by atoms with Crippen LogP contribution in [0.25, 0.3) is 0 Å². The van der Waals surface area contributed by atoms with Crippen molar-refractivity contribution in [1.82, 2.24) is 9.55 Å². The molecule has 0 spiro atoms. The Bertz CT molecular complexity index is 764. The van der Waals surface area contributed by atoms with Crippen LogP contribution in [0.4, 0.5) is 13.2 Å². The van der Waals surface area contributed by atoms with Crippen LogP contribution in [-0.4, -0.2) is 49.3 Å². The number of aliphatic hydroxyl groups is 3. The third kappa shape index (κ3) is 2.66. The van der Waals surface area contributed by atoms with Crippen LogP contribution in [0.1, 0.15) is 11.8 Å². The Kier molecular flexibility index (Phi) is 4.12. The Morgan fingerprint density at radius 2 is 2.09 bits per heavy atom. The van der Waals surface area contributed by atoms with Gasteiger partial charge in [0.05, 0.1) is 6.61 Å². The second kappa shape index (κ2) is 5.50. The summed E-state index contributed by atoms with van der Waals surface area (Å²) in [6.07, 6.45) is -5.26. The van der Waals surface area contributed by atoms with Crippen molar-refractivity contribution in [2.24, 2.45) is 0 Å². The molecule has 2 heterocycles. The maximum atomic E-state index is 12.7. The number of halogens is 3. The molecule has 0 amide bonds. The maximum absolute atomic E-state index is 12.7. The van der Waals surface area contributed by atoms with Gasteiger partial charge in [-0.15, -0.1) is 6.42 Å². The van der Waals surface area contributed by atoms with E-state index in [1.165, 1.54) is 4.98 Å². The number of hydrogen-bond acceptors (Lipinski definition) is 6. The lowest BCUT2D eigenvalue weighted by atomic mass is 9.93. The zero-order valence-electron chi connectivity index (χ0n) is 11.2. The largest absolute Gasteiger partial charge is 0.423 e. The molecule has 4 atom stereocenters. The van der Waals surface area contributed by atoms with E-state index in [4.69, 9.17) is 16.3 Å². The summed E-state index contributed by atoms with van der Waals surface area (Å²) in [5.41, 5.74) is -7.11. The van der Waals surface area contributed by atoms with Crippen molar-refractivity contribution < 1.29 is 33.2 Å². The van der Waals surface area contributed by atoms with Crippen LogP contribution in [0.15, 0.2) is 15.8 Å². The van der Waals surface area contributed by atoms with Gasteiger partial charge in [0.2, 0.25) is 0 Å². The fraction of sp³-hybridized carbons (Fsp3) is 0.500. The SMILES string of the molecule is C#C[C@]1(O)C(O)[C@H](n2cc(C(F)(F)F)c(=O)[nH]c2=O)O[C@@H]1CO. The number of hydrogen-bond donors (Lipinski definition) is 4. The molecule has 1 fully saturated rings. The van der Waals surface area contributed by atoms with Gasteiger partial charge < -0.3 is 20.1 Å². The van der Waals surface area contributed by atoms with Gasteiger partial charge in [0, 0.05) is 6.20 Å². The van der Waals surface area contributed by atoms with Gasteiger partial charge in [-0.3, -0.25) is 14.3 Å². The zero-order valence-corrected chi connectivity index (χ0v) is 11.2. The molecule has 1 aliphatic heterocycles. The van der Waals surface area contributed by atoms with Crippen molar-refractivity contribution in [2.75, 3.05) is 6.61 Å². The predicted octanol–water partition coefficient (Wildman–Crippen LogP) is -1.83. The molecule has 0 aromatic carbocycles. The number of H-pyrrole nitrogens is 1. The first-order chi connectivity index (χ1) is 10.6. The van der Waals surface area contributed by atoms with Crippen molar-refractivity contribution in [3.63, 3.8) is 0 Å². The molecule has 8 nitrogen and oxygen atoms in total. The Balaban J connectivity index is 2.58. The lowest BCUT2D eigenvalue weighted by Crippen LogP contribution is -2.48. The molecule has 0 saturated carbocycles. The molecule has 23 heavy (non-hydrogen) atoms. The number of alkyl halides is 3. The lowest BCUT2D eigenvalue weighted by Gasteiger charge is -2.24. The van der Waals surface area contributed by atoms with E-state index in [0.29, 0.717) is 0 Å². The van der Waals surface area contributed by atoms with Crippen molar-refractivity contribution in [3.8, 4) is 12.3 Å². The molecule has 1 aromatic heterocycles. The number of aromatic amines is 1. The van der Waals surface area contributed by atoms with Gasteiger partial charge in [0.15, 0.2) is 11.8 Å². The fourth-order valence-electron chi connectivity index (χ4n) is 2.21. The molecule has 126 valence electrons. The Morgan fingerprint density at radius 1 is 1.48 bits per heavy atom. The van der Waals surface area contributed by atoms with Gasteiger partial charge in [-0.25, -0.2) is 4.79 Å². The second-order valence-corrected chi connectivity index (χ2v) is 4.82. The van der Waals surface area contributed by atoms with E-state index in [-0.39, 0.29) is 10.8 Å². The van der Waals surface area contributed by atoms with Crippen LogP contribution >= 0.6 is 0 Å². The molecule has 0 bridgehead atoms. The number of nitrogens with zero attached hydrogens (tertiary/aromatic N) is 1. The summed E-state index contributed by atoms with van der Waals surface area (Å²) >= 11 is 0. The van der Waals surface area contributed by atoms with Gasteiger partial charge in [-0.1, -0.05) is 5.92 Å². The molecule has 4 N–H and O–H groups in total. The summed E-state index contributed by atoms with van der Waals surface area (Å²) in [6.45, 7) is -0.863. The smallest absolute Gasteiger partial charge is 0.394 e. The van der Waals surface area contributed by atoms with Crippen LogP contribution in [0.5, 0.6) is 0 Å². The minimum absolute atomic E-state index is 0.145. The third-order valence-electron chi connectivity index (χ3n) is 3.46. The van der Waals surface area contributed by atoms with E-state index in [1.54, 1.807) is 5.92 Å². The normalized spacial score (nSPS) is 31.1. The number of aromatic nitrogens is 2. The average Bonchev–Trinajstić information content (AvgIpc) is 2.71. The summed E-state index contributed by atoms with van der Waals surface area (Å²) in [4.78, 5) is 24.4. The molecule has 1 aromatic rings. The van der Waals surface area contributed by atoms with Crippen LogP contribution in [0.2, 0.25) is 0 Å². The monoisotopic (exact) mass is 336 g/mol. The predicted molar refractivity (Wildman–Crippen MR) is 67.1 cm³/mol. The summed E-state index contributed by atoms with van der Waals surface area (Å²) < 4.78 is 43.5. The summed E-state index contributed by atoms with van der Waals surface area (Å²) in [7, 11) is 0. The maximum Gasteiger partial charge on any atom is 0.423 e. The summed E-state index contributed by atoms with van der Waals surface area (Å²) in [5.74, 6) is 1.78. The van der Waals surface area contributed by atoms with E-state index in [9.17, 15) is 33.0 Å². The third-order valence-corrected chi connectivity index (χ3v) is 3.46. The average molecular weight is 336 g/mol. The van der Waals surface area contributed by atoms with E-state index in [0.717, 1.165) is 0 Å². The Morgan fingerprint density at radius 3 is 2.52 bits per heavy atom. The number of ether oxygens (including phenoxy) is 1. The van der Waals surface area contributed by atoms with E-state index in [1.807, 2.05) is 0 Å². The first-order valence-corrected chi connectivity index (χ1v) is 6.13. The fourth-order valence-corrected chi connectivity index (χ4v) is 2.21. The minimum Gasteiger partial charge on any atom is -0.394 e. The van der Waals surface area contributed by atoms with E-state index in [2.05, 4.69) is 0 Å². The molecular weight excluding hydrogens is 325 g/mol. The Labute approximate surface area is 125 Å². The first-order valence-electron chi connectivity index (χ1n) is 6.13. The number of terminal acetylenes is 1. The van der Waals surface area contributed by atoms with Crippen LogP contribution in [0, 0.1) is 12.3 Å². The molecule has 1 saturated heterocycles. The van der Waals surface area contributed by atoms with E-state index < -0.39 is 53.6 Å². The summed E-state index contributed by atoms with van der Waals surface area (Å²) in [6, 6.07) is 0. The molecule has 0 radical (unpaired) electrons. The molecule has 1 aliphatic rings. The highest BCUT2D eigenvalue weighted by Crippen LogP contribution is 2.36. The number of aliphatic hydroxyl groups excluding tert-OH is 2. The quantitative estimate of drug-likeness (QED) is 0.471. The number of nitrogens with one attached hydrogen (secondary N) is 1. The standard InChI is InChI=1S/C12H11F3N2O6/c1-2-11(22)6(4-18)23-9(7(11)19)17-3-5(12(13,14)15)8(20)16-10(17)21/h1,3,6-7,9,18-19,22H,4H2,(H,16,20,21)/t6-,7?,9-,11-/m1/s1. The Hall–Kier alpha value is -2.13. The lowest BCUT2D eigenvalue weighted by molar-refractivity contribution is -0.140. The van der Waals surface area contributed by atoms with Crippen LogP contribution in [0.3, 0.4) is 0 Å². The molecule has 1 unspecified atom stereocenters. The highest BCUT2D eigenvalue weighted by atomic mass is 19.4. The topological polar surface area (TPSA) is 125 Å². The summed E-state index contributed by atoms with van der Waals surface area (Å²) in [5, 5.41) is 29.1. The van der Waals surface area contributed by atoms with Crippen molar-refractivity contribution >= 4 is 0 Å². The molecule has 2 rings (SSSR count). The van der Waals surface area contributed by atoms with Gasteiger partial charge in [-0.2, -0.15) is 13.2 Å². The molecule has 11 heteroatoms. The van der Waals surface area contributed by atoms with E-state index >= 15 is 0 Å². The minimum atomic E-state index is -5.06. The molecule has 0 aliphatic carbocycles. The highest BCUT2D eigenvalue weighted by Gasteiger charge is 2.55. The van der Waals surface area contributed by atoms with Crippen molar-refractivity contribution in [3.05, 3.63) is 32.6 Å². The van der Waals surface area contributed by atoms with Gasteiger partial charge in [0.1, 0.15) is 17.8 Å². The van der Waals surface area contributed by atoms with Gasteiger partial charge in [-0.05, 0) is 0 Å². The number of rotatable bonds is 2. The van der Waals surface area contributed by atoms with Crippen LogP contribution < -0.4 is 11.2 Å².